The molecule has 136 valence electrons. The molecule has 0 aliphatic heterocycles. The smallest absolute Gasteiger partial charge is 0.332 e. The second-order valence-corrected chi connectivity index (χ2v) is 6.25. The van der Waals surface area contributed by atoms with Gasteiger partial charge in [0.2, 0.25) is 0 Å². The van der Waals surface area contributed by atoms with Crippen molar-refractivity contribution in [3.05, 3.63) is 62.4 Å². The van der Waals surface area contributed by atoms with Crippen LogP contribution in [0.5, 0.6) is 5.75 Å². The Morgan fingerprint density at radius 3 is 2.46 bits per heavy atom. The number of nitrogens with zero attached hydrogens (tertiary/aromatic N) is 3. The molecular weight excluding hydrogens is 332 g/mol. The SMILES string of the molecule is COc1ccc(CCNc2c(C)cnc3c2c(=O)n(C)c(=O)n3C)cc1. The standard InChI is InChI=1S/C19H22N4O3/c1-12-11-21-17-15(18(24)23(3)19(25)22(17)2)16(12)20-10-9-13-5-7-14(26-4)8-6-13/h5-8,11H,9-10H2,1-4H3,(H,20,21). The van der Waals surface area contributed by atoms with E-state index in [1.54, 1.807) is 20.4 Å². The van der Waals surface area contributed by atoms with Crippen molar-refractivity contribution in [3.63, 3.8) is 0 Å². The molecule has 0 atom stereocenters. The largest absolute Gasteiger partial charge is 0.497 e. The Labute approximate surface area is 150 Å². The van der Waals surface area contributed by atoms with Crippen molar-refractivity contribution < 1.29 is 4.74 Å². The minimum atomic E-state index is -0.386. The minimum absolute atomic E-state index is 0.341. The molecule has 0 amide bonds. The van der Waals surface area contributed by atoms with Gasteiger partial charge in [-0.3, -0.25) is 13.9 Å². The predicted octanol–water partition coefficient (Wildman–Crippen LogP) is 1.60. The van der Waals surface area contributed by atoms with E-state index >= 15 is 0 Å². The number of nitrogens with one attached hydrogen (secondary N) is 1. The van der Waals surface area contributed by atoms with Crippen LogP contribution in [0.4, 0.5) is 5.69 Å². The topological polar surface area (TPSA) is 78.2 Å². The van der Waals surface area contributed by atoms with Crippen molar-refractivity contribution in [2.24, 2.45) is 14.1 Å². The van der Waals surface area contributed by atoms with E-state index in [0.717, 1.165) is 33.6 Å². The average molecular weight is 354 g/mol. The lowest BCUT2D eigenvalue weighted by Crippen LogP contribution is -2.37. The zero-order valence-corrected chi connectivity index (χ0v) is 15.4. The Bertz CT molecular complexity index is 1070. The molecule has 0 aliphatic rings. The first-order chi connectivity index (χ1) is 12.4. The zero-order chi connectivity index (χ0) is 18.8. The monoisotopic (exact) mass is 354 g/mol. The van der Waals surface area contributed by atoms with E-state index in [9.17, 15) is 9.59 Å². The molecule has 0 fully saturated rings. The highest BCUT2D eigenvalue weighted by atomic mass is 16.5. The molecule has 2 aromatic heterocycles. The summed E-state index contributed by atoms with van der Waals surface area (Å²) in [7, 11) is 4.74. The molecule has 7 nitrogen and oxygen atoms in total. The van der Waals surface area contributed by atoms with E-state index in [0.29, 0.717) is 17.6 Å². The van der Waals surface area contributed by atoms with Crippen LogP contribution in [-0.2, 0) is 20.5 Å². The average Bonchev–Trinajstić information content (AvgIpc) is 2.66. The van der Waals surface area contributed by atoms with Crippen LogP contribution in [0.25, 0.3) is 11.0 Å². The van der Waals surface area contributed by atoms with Gasteiger partial charge in [0.1, 0.15) is 11.1 Å². The van der Waals surface area contributed by atoms with Crippen molar-refractivity contribution in [3.8, 4) is 5.75 Å². The van der Waals surface area contributed by atoms with Gasteiger partial charge in [-0.05, 0) is 36.6 Å². The number of anilines is 1. The number of rotatable bonds is 5. The fourth-order valence-corrected chi connectivity index (χ4v) is 2.97. The Kier molecular flexibility index (Phi) is 4.79. The third-order valence-electron chi connectivity index (χ3n) is 4.53. The lowest BCUT2D eigenvalue weighted by molar-refractivity contribution is 0.414. The zero-order valence-electron chi connectivity index (χ0n) is 15.4. The molecule has 1 N–H and O–H groups in total. The number of hydrogen-bond acceptors (Lipinski definition) is 5. The van der Waals surface area contributed by atoms with Crippen LogP contribution in [0.3, 0.4) is 0 Å². The highest BCUT2D eigenvalue weighted by Crippen LogP contribution is 2.21. The highest BCUT2D eigenvalue weighted by molar-refractivity contribution is 5.89. The fourth-order valence-electron chi connectivity index (χ4n) is 2.97. The van der Waals surface area contributed by atoms with Crippen LogP contribution in [0.15, 0.2) is 40.1 Å². The van der Waals surface area contributed by atoms with Gasteiger partial charge in [-0.15, -0.1) is 0 Å². The third kappa shape index (κ3) is 3.08. The third-order valence-corrected chi connectivity index (χ3v) is 4.53. The molecule has 26 heavy (non-hydrogen) atoms. The number of ether oxygens (including phenoxy) is 1. The maximum Gasteiger partial charge on any atom is 0.332 e. The van der Waals surface area contributed by atoms with Gasteiger partial charge in [0.05, 0.1) is 12.8 Å². The summed E-state index contributed by atoms with van der Waals surface area (Å²) in [5.41, 5.74) is 2.40. The number of pyridine rings is 1. The summed E-state index contributed by atoms with van der Waals surface area (Å²) < 4.78 is 7.67. The molecule has 0 radical (unpaired) electrons. The van der Waals surface area contributed by atoms with Gasteiger partial charge >= 0.3 is 5.69 Å². The Morgan fingerprint density at radius 1 is 1.12 bits per heavy atom. The lowest BCUT2D eigenvalue weighted by Gasteiger charge is -2.14. The summed E-state index contributed by atoms with van der Waals surface area (Å²) in [5, 5.41) is 3.78. The summed E-state index contributed by atoms with van der Waals surface area (Å²) in [4.78, 5) is 29.0. The van der Waals surface area contributed by atoms with Crippen LogP contribution in [-0.4, -0.2) is 27.8 Å². The normalized spacial score (nSPS) is 10.9. The van der Waals surface area contributed by atoms with E-state index in [2.05, 4.69) is 10.3 Å². The van der Waals surface area contributed by atoms with E-state index in [4.69, 9.17) is 4.74 Å². The Hall–Kier alpha value is -3.09. The van der Waals surface area contributed by atoms with Crippen LogP contribution in [0, 0.1) is 6.92 Å². The van der Waals surface area contributed by atoms with E-state index in [-0.39, 0.29) is 11.2 Å². The molecule has 0 unspecified atom stereocenters. The molecule has 7 heteroatoms. The van der Waals surface area contributed by atoms with Crippen molar-refractivity contribution in [2.45, 2.75) is 13.3 Å². The molecule has 1 aromatic carbocycles. The van der Waals surface area contributed by atoms with E-state index < -0.39 is 0 Å². The van der Waals surface area contributed by atoms with Gasteiger partial charge in [-0.1, -0.05) is 12.1 Å². The van der Waals surface area contributed by atoms with Crippen LogP contribution >= 0.6 is 0 Å². The number of hydrogen-bond donors (Lipinski definition) is 1. The first kappa shape index (κ1) is 17.7. The first-order valence-corrected chi connectivity index (χ1v) is 8.36. The van der Waals surface area contributed by atoms with Gasteiger partial charge < -0.3 is 10.1 Å². The number of benzene rings is 1. The minimum Gasteiger partial charge on any atom is -0.497 e. The number of aromatic nitrogens is 3. The van der Waals surface area contributed by atoms with Gasteiger partial charge in [0, 0.05) is 26.8 Å². The van der Waals surface area contributed by atoms with E-state index in [1.165, 1.54) is 11.6 Å². The summed E-state index contributed by atoms with van der Waals surface area (Å²) in [6.45, 7) is 2.55. The van der Waals surface area contributed by atoms with Gasteiger partial charge in [0.25, 0.3) is 5.56 Å². The van der Waals surface area contributed by atoms with Gasteiger partial charge in [-0.2, -0.15) is 0 Å². The van der Waals surface area contributed by atoms with Crippen molar-refractivity contribution in [1.29, 1.82) is 0 Å². The number of fused-ring (bicyclic) bond motifs is 1. The first-order valence-electron chi connectivity index (χ1n) is 8.36. The molecule has 3 rings (SSSR count). The van der Waals surface area contributed by atoms with Crippen LogP contribution < -0.4 is 21.3 Å². The molecule has 0 saturated carbocycles. The number of aryl methyl sites for hydroxylation is 2. The van der Waals surface area contributed by atoms with Crippen LogP contribution in [0.2, 0.25) is 0 Å². The van der Waals surface area contributed by atoms with Crippen LogP contribution in [0.1, 0.15) is 11.1 Å². The summed E-state index contributed by atoms with van der Waals surface area (Å²) in [5.74, 6) is 0.821. The Balaban J connectivity index is 1.93. The molecule has 0 saturated heterocycles. The molecule has 0 bridgehead atoms. The molecule has 3 aromatic rings. The fraction of sp³-hybridized carbons (Fsp3) is 0.316. The molecule has 2 heterocycles. The second-order valence-electron chi connectivity index (χ2n) is 6.25. The second kappa shape index (κ2) is 7.03. The molecular formula is C19H22N4O3. The predicted molar refractivity (Wildman–Crippen MR) is 102 cm³/mol. The van der Waals surface area contributed by atoms with E-state index in [1.807, 2.05) is 31.2 Å². The van der Waals surface area contributed by atoms with Crippen molar-refractivity contribution in [1.82, 2.24) is 14.1 Å². The summed E-state index contributed by atoms with van der Waals surface area (Å²) in [6.07, 6.45) is 2.47. The highest BCUT2D eigenvalue weighted by Gasteiger charge is 2.15. The van der Waals surface area contributed by atoms with Gasteiger partial charge in [-0.25, -0.2) is 9.78 Å². The molecule has 0 spiro atoms. The quantitative estimate of drug-likeness (QED) is 0.753. The lowest BCUT2D eigenvalue weighted by atomic mass is 10.1. The number of methoxy groups -OCH3 is 1. The maximum atomic E-state index is 12.6. The summed E-state index contributed by atoms with van der Waals surface area (Å²) in [6, 6.07) is 7.88. The molecule has 0 aliphatic carbocycles. The van der Waals surface area contributed by atoms with Crippen molar-refractivity contribution >= 4 is 16.7 Å². The maximum absolute atomic E-state index is 12.6. The Morgan fingerprint density at radius 2 is 1.81 bits per heavy atom. The summed E-state index contributed by atoms with van der Waals surface area (Å²) >= 11 is 0. The van der Waals surface area contributed by atoms with Gasteiger partial charge in [0.15, 0.2) is 5.65 Å². The van der Waals surface area contributed by atoms with Crippen molar-refractivity contribution in [2.75, 3.05) is 19.0 Å².